The number of aliphatic hydroxyl groups is 1. The van der Waals surface area contributed by atoms with Crippen LogP contribution in [0.1, 0.15) is 31.2 Å². The number of amides is 1. The zero-order chi connectivity index (χ0) is 20.9. The maximum Gasteiger partial charge on any atom is 0.225 e. The molecule has 1 heterocycles. The Balaban J connectivity index is 1.37. The molecule has 1 amide bonds. The van der Waals surface area contributed by atoms with Crippen molar-refractivity contribution in [2.75, 3.05) is 31.7 Å². The van der Waals surface area contributed by atoms with E-state index in [1.807, 2.05) is 24.3 Å². The molecule has 1 saturated heterocycles. The number of carbonyl (C=O) groups excluding carboxylic acids is 1. The van der Waals surface area contributed by atoms with Crippen LogP contribution in [0.15, 0.2) is 24.3 Å². The Hall–Kier alpha value is -1.68. The maximum absolute atomic E-state index is 12.6. The molecule has 3 rings (SSSR count). The van der Waals surface area contributed by atoms with Gasteiger partial charge in [0.25, 0.3) is 0 Å². The average molecular weight is 426 g/mol. The third-order valence-corrected chi connectivity index (χ3v) is 7.39. The van der Waals surface area contributed by atoms with Crippen LogP contribution < -0.4 is 15.4 Å². The van der Waals surface area contributed by atoms with Gasteiger partial charge in [-0.15, -0.1) is 0 Å². The van der Waals surface area contributed by atoms with Crippen molar-refractivity contribution in [1.82, 2.24) is 15.5 Å². The van der Waals surface area contributed by atoms with Gasteiger partial charge in [0, 0.05) is 31.6 Å². The molecular weight excluding hydrogens is 394 g/mol. The molecule has 9 heteroatoms. The Labute approximate surface area is 172 Å². The molecule has 2 fully saturated rings. The molecule has 3 N–H and O–H groups in total. The summed E-state index contributed by atoms with van der Waals surface area (Å²) in [5, 5.41) is 16.4. The van der Waals surface area contributed by atoms with E-state index in [0.29, 0.717) is 19.6 Å². The Morgan fingerprint density at radius 3 is 2.38 bits per heavy atom. The summed E-state index contributed by atoms with van der Waals surface area (Å²) in [5.74, 6) is 0.975. The van der Waals surface area contributed by atoms with E-state index in [4.69, 9.17) is 4.74 Å². The molecule has 2 aliphatic rings. The van der Waals surface area contributed by atoms with Crippen LogP contribution in [-0.4, -0.2) is 68.4 Å². The van der Waals surface area contributed by atoms with Crippen LogP contribution in [0.25, 0.3) is 0 Å². The quantitative estimate of drug-likeness (QED) is 0.545. The Morgan fingerprint density at radius 1 is 1.17 bits per heavy atom. The first-order chi connectivity index (χ1) is 13.9. The molecule has 1 unspecified atom stereocenters. The summed E-state index contributed by atoms with van der Waals surface area (Å²) in [6.45, 7) is 1.16. The van der Waals surface area contributed by atoms with Crippen LogP contribution in [-0.2, 0) is 21.2 Å². The monoisotopic (exact) mass is 425 g/mol. The molecule has 162 valence electrons. The molecule has 1 aromatic rings. The second kappa shape index (κ2) is 9.88. The molecule has 1 aromatic carbocycles. The molecule has 0 radical (unpaired) electrons. The number of carbonyl (C=O) groups is 1. The molecule has 1 aliphatic carbocycles. The lowest BCUT2D eigenvalue weighted by molar-refractivity contribution is -0.136. The van der Waals surface area contributed by atoms with Crippen molar-refractivity contribution in [3.05, 3.63) is 29.8 Å². The maximum atomic E-state index is 12.6. The summed E-state index contributed by atoms with van der Waals surface area (Å²) >= 11 is 0. The van der Waals surface area contributed by atoms with E-state index < -0.39 is 16.2 Å². The van der Waals surface area contributed by atoms with E-state index in [9.17, 15) is 18.3 Å². The summed E-state index contributed by atoms with van der Waals surface area (Å²) in [6.07, 6.45) is 2.31. The van der Waals surface area contributed by atoms with Gasteiger partial charge in [0.1, 0.15) is 5.75 Å². The predicted molar refractivity (Wildman–Crippen MR) is 110 cm³/mol. The minimum atomic E-state index is -2.98. The van der Waals surface area contributed by atoms with Crippen molar-refractivity contribution in [1.29, 1.82) is 0 Å². The van der Waals surface area contributed by atoms with E-state index in [1.54, 1.807) is 12.0 Å². The fourth-order valence-corrected chi connectivity index (χ4v) is 5.14. The van der Waals surface area contributed by atoms with Crippen molar-refractivity contribution >= 4 is 15.7 Å². The fourth-order valence-electron chi connectivity index (χ4n) is 3.94. The average Bonchev–Trinajstić information content (AvgIpc) is 2.73. The largest absolute Gasteiger partial charge is 0.497 e. The van der Waals surface area contributed by atoms with Gasteiger partial charge in [0.05, 0.1) is 18.6 Å². The normalized spacial score (nSPS) is 25.4. The van der Waals surface area contributed by atoms with E-state index in [1.165, 1.54) is 0 Å². The van der Waals surface area contributed by atoms with E-state index in [-0.39, 0.29) is 29.4 Å². The van der Waals surface area contributed by atoms with Crippen molar-refractivity contribution in [2.24, 2.45) is 5.92 Å². The number of sulfone groups is 1. The molecule has 1 atom stereocenters. The van der Waals surface area contributed by atoms with Crippen LogP contribution in [0.2, 0.25) is 0 Å². The Bertz CT molecular complexity index is 762. The first kappa shape index (κ1) is 22.0. The smallest absolute Gasteiger partial charge is 0.225 e. The van der Waals surface area contributed by atoms with Crippen LogP contribution in [0.4, 0.5) is 0 Å². The third-order valence-electron chi connectivity index (χ3n) is 5.78. The lowest BCUT2D eigenvalue weighted by Gasteiger charge is -2.34. The van der Waals surface area contributed by atoms with Crippen molar-refractivity contribution in [3.8, 4) is 5.75 Å². The van der Waals surface area contributed by atoms with Gasteiger partial charge in [0.2, 0.25) is 5.91 Å². The second-order valence-corrected chi connectivity index (χ2v) is 10.1. The number of rotatable bonds is 7. The number of benzene rings is 1. The standard InChI is InChI=1S/C20H31N3O5S/c1-28-18-8-2-15(3-9-18)14-21-20(25)22-17-6-4-16(5-7-17)19(24)23-10-12-29(26,27)13-11-23/h2-3,8-9,16-17,20-22,25H,4-7,10-14H2,1H3. The Morgan fingerprint density at radius 2 is 1.79 bits per heavy atom. The highest BCUT2D eigenvalue weighted by Gasteiger charge is 2.32. The van der Waals surface area contributed by atoms with Gasteiger partial charge in [-0.25, -0.2) is 8.42 Å². The van der Waals surface area contributed by atoms with E-state index >= 15 is 0 Å². The molecule has 0 spiro atoms. The first-order valence-electron chi connectivity index (χ1n) is 10.2. The lowest BCUT2D eigenvalue weighted by Crippen LogP contribution is -2.50. The number of hydrogen-bond donors (Lipinski definition) is 3. The molecule has 1 aliphatic heterocycles. The highest BCUT2D eigenvalue weighted by molar-refractivity contribution is 7.91. The molecule has 8 nitrogen and oxygen atoms in total. The van der Waals surface area contributed by atoms with Crippen LogP contribution in [0.5, 0.6) is 5.75 Å². The highest BCUT2D eigenvalue weighted by atomic mass is 32.2. The molecule has 1 saturated carbocycles. The predicted octanol–water partition coefficient (Wildman–Crippen LogP) is 0.466. The zero-order valence-electron chi connectivity index (χ0n) is 16.8. The highest BCUT2D eigenvalue weighted by Crippen LogP contribution is 2.26. The summed E-state index contributed by atoms with van der Waals surface area (Å²) in [4.78, 5) is 14.3. The van der Waals surface area contributed by atoms with Gasteiger partial charge in [-0.2, -0.15) is 0 Å². The van der Waals surface area contributed by atoms with Gasteiger partial charge in [-0.1, -0.05) is 12.1 Å². The number of ether oxygens (including phenoxy) is 1. The number of hydrogen-bond acceptors (Lipinski definition) is 7. The van der Waals surface area contributed by atoms with Crippen molar-refractivity contribution in [2.45, 2.75) is 44.6 Å². The van der Waals surface area contributed by atoms with Gasteiger partial charge in [-0.3, -0.25) is 15.4 Å². The third kappa shape index (κ3) is 6.40. The minimum absolute atomic E-state index is 0.0433. The van der Waals surface area contributed by atoms with Crippen molar-refractivity contribution in [3.63, 3.8) is 0 Å². The number of nitrogens with one attached hydrogen (secondary N) is 2. The number of nitrogens with zero attached hydrogens (tertiary/aromatic N) is 1. The van der Waals surface area contributed by atoms with Gasteiger partial charge < -0.3 is 14.7 Å². The van der Waals surface area contributed by atoms with Crippen LogP contribution >= 0.6 is 0 Å². The van der Waals surface area contributed by atoms with E-state index in [0.717, 1.165) is 37.0 Å². The van der Waals surface area contributed by atoms with Gasteiger partial charge in [-0.05, 0) is 43.4 Å². The topological polar surface area (TPSA) is 108 Å². The zero-order valence-corrected chi connectivity index (χ0v) is 17.7. The molecule has 0 aromatic heterocycles. The first-order valence-corrected chi connectivity index (χ1v) is 12.0. The molecule has 0 bridgehead atoms. The van der Waals surface area contributed by atoms with Crippen LogP contribution in [0, 0.1) is 5.92 Å². The lowest BCUT2D eigenvalue weighted by atomic mass is 9.85. The molecule has 29 heavy (non-hydrogen) atoms. The van der Waals surface area contributed by atoms with Gasteiger partial charge >= 0.3 is 0 Å². The minimum Gasteiger partial charge on any atom is -0.497 e. The summed E-state index contributed by atoms with van der Waals surface area (Å²) in [7, 11) is -1.35. The van der Waals surface area contributed by atoms with Gasteiger partial charge in [0.15, 0.2) is 16.2 Å². The SMILES string of the molecule is COc1ccc(CNC(O)NC2CCC(C(=O)N3CCS(=O)(=O)CC3)CC2)cc1. The van der Waals surface area contributed by atoms with Crippen molar-refractivity contribution < 1.29 is 23.1 Å². The summed E-state index contributed by atoms with van der Waals surface area (Å²) in [6, 6.07) is 7.81. The van der Waals surface area contributed by atoms with E-state index in [2.05, 4.69) is 10.6 Å². The number of methoxy groups -OCH3 is 1. The Kier molecular flexibility index (Phi) is 7.50. The summed E-state index contributed by atoms with van der Waals surface area (Å²) in [5.41, 5.74) is 1.05. The summed E-state index contributed by atoms with van der Waals surface area (Å²) < 4.78 is 28.2. The fraction of sp³-hybridized carbons (Fsp3) is 0.650. The molecular formula is C20H31N3O5S. The number of aliphatic hydroxyl groups excluding tert-OH is 1. The van der Waals surface area contributed by atoms with Crippen LogP contribution in [0.3, 0.4) is 0 Å². The second-order valence-electron chi connectivity index (χ2n) is 7.82.